The van der Waals surface area contributed by atoms with Crippen molar-refractivity contribution in [2.24, 2.45) is 0 Å². The monoisotopic (exact) mass is 423 g/mol. The highest BCUT2D eigenvalue weighted by Gasteiger charge is 2.22. The fraction of sp³-hybridized carbons (Fsp3) is 0.350. The molecular weight excluding hydrogens is 398 g/mol. The van der Waals surface area contributed by atoms with Gasteiger partial charge in [0.05, 0.1) is 10.6 Å². The predicted molar refractivity (Wildman–Crippen MR) is 114 cm³/mol. The molecule has 2 aromatic carbocycles. The van der Waals surface area contributed by atoms with Gasteiger partial charge in [0.15, 0.2) is 0 Å². The normalized spacial score (nSPS) is 16.7. The molecule has 1 aliphatic rings. The highest BCUT2D eigenvalue weighted by molar-refractivity contribution is 7.92. The van der Waals surface area contributed by atoms with E-state index in [2.05, 4.69) is 10.6 Å². The van der Waals surface area contributed by atoms with Gasteiger partial charge in [-0.1, -0.05) is 17.7 Å². The van der Waals surface area contributed by atoms with Crippen molar-refractivity contribution in [3.8, 4) is 0 Å². The first kappa shape index (κ1) is 22.2. The minimum Gasteiger partial charge on any atom is -0.348 e. The van der Waals surface area contributed by atoms with E-state index in [-0.39, 0.29) is 29.3 Å². The largest absolute Gasteiger partial charge is 0.348 e. The van der Waals surface area contributed by atoms with Gasteiger partial charge in [-0.3, -0.25) is 9.10 Å². The van der Waals surface area contributed by atoms with Gasteiger partial charge in [-0.25, -0.2) is 8.42 Å². The van der Waals surface area contributed by atoms with Crippen LogP contribution >= 0.6 is 12.4 Å². The Morgan fingerprint density at radius 3 is 2.32 bits per heavy atom. The van der Waals surface area contributed by atoms with Crippen molar-refractivity contribution in [3.05, 3.63) is 59.7 Å². The van der Waals surface area contributed by atoms with E-state index in [0.29, 0.717) is 11.3 Å². The van der Waals surface area contributed by atoms with Crippen LogP contribution in [0.5, 0.6) is 0 Å². The Morgan fingerprint density at radius 2 is 1.75 bits per heavy atom. The lowest BCUT2D eigenvalue weighted by Crippen LogP contribution is -2.45. The highest BCUT2D eigenvalue weighted by Crippen LogP contribution is 2.22. The maximum absolute atomic E-state index is 12.8. The van der Waals surface area contributed by atoms with Gasteiger partial charge in [0.25, 0.3) is 15.9 Å². The third-order valence-electron chi connectivity index (χ3n) is 4.80. The maximum atomic E-state index is 12.8. The van der Waals surface area contributed by atoms with Crippen LogP contribution in [-0.4, -0.2) is 40.5 Å². The first-order valence-corrected chi connectivity index (χ1v) is 10.5. The van der Waals surface area contributed by atoms with Crippen LogP contribution in [0.4, 0.5) is 5.69 Å². The zero-order valence-electron chi connectivity index (χ0n) is 16.0. The summed E-state index contributed by atoms with van der Waals surface area (Å²) in [7, 11) is -2.13. The summed E-state index contributed by atoms with van der Waals surface area (Å²) >= 11 is 0. The second kappa shape index (κ2) is 9.41. The Kier molecular flexibility index (Phi) is 7.46. The lowest BCUT2D eigenvalue weighted by Gasteiger charge is -2.24. The fourth-order valence-electron chi connectivity index (χ4n) is 3.07. The SMILES string of the molecule is Cc1ccc(S(=O)(=O)N(C)c2ccc(C(=O)NC3CCCNC3)cc2)cc1.Cl. The molecule has 1 aliphatic heterocycles. The van der Waals surface area contributed by atoms with Gasteiger partial charge in [0.2, 0.25) is 0 Å². The number of anilines is 1. The molecule has 3 rings (SSSR count). The molecule has 0 aliphatic carbocycles. The average molecular weight is 424 g/mol. The van der Waals surface area contributed by atoms with E-state index in [4.69, 9.17) is 0 Å². The predicted octanol–water partition coefficient (Wildman–Crippen LogP) is 2.72. The van der Waals surface area contributed by atoms with E-state index in [1.807, 2.05) is 6.92 Å². The number of sulfonamides is 1. The van der Waals surface area contributed by atoms with Gasteiger partial charge in [0.1, 0.15) is 0 Å². The summed E-state index contributed by atoms with van der Waals surface area (Å²) in [6, 6.07) is 13.5. The number of piperidine rings is 1. The Balaban J connectivity index is 0.00000280. The van der Waals surface area contributed by atoms with Crippen molar-refractivity contribution in [1.82, 2.24) is 10.6 Å². The molecule has 8 heteroatoms. The quantitative estimate of drug-likeness (QED) is 0.775. The van der Waals surface area contributed by atoms with Crippen LogP contribution in [0.15, 0.2) is 53.4 Å². The van der Waals surface area contributed by atoms with Gasteiger partial charge in [0, 0.05) is 25.2 Å². The zero-order chi connectivity index (χ0) is 19.4. The van der Waals surface area contributed by atoms with E-state index in [0.717, 1.165) is 31.5 Å². The summed E-state index contributed by atoms with van der Waals surface area (Å²) in [5, 5.41) is 6.28. The molecule has 6 nitrogen and oxygen atoms in total. The van der Waals surface area contributed by atoms with E-state index in [9.17, 15) is 13.2 Å². The molecular formula is C20H26ClN3O3S. The maximum Gasteiger partial charge on any atom is 0.264 e. The van der Waals surface area contributed by atoms with E-state index in [1.54, 1.807) is 48.5 Å². The molecule has 1 atom stereocenters. The van der Waals surface area contributed by atoms with Gasteiger partial charge in [-0.2, -0.15) is 0 Å². The van der Waals surface area contributed by atoms with Crippen LogP contribution in [0.3, 0.4) is 0 Å². The Labute approximate surface area is 172 Å². The molecule has 1 unspecified atom stereocenters. The number of hydrogen-bond acceptors (Lipinski definition) is 4. The molecule has 28 heavy (non-hydrogen) atoms. The van der Waals surface area contributed by atoms with Gasteiger partial charge in [-0.05, 0) is 62.7 Å². The van der Waals surface area contributed by atoms with Gasteiger partial charge in [-0.15, -0.1) is 12.4 Å². The van der Waals surface area contributed by atoms with Crippen molar-refractivity contribution >= 4 is 34.0 Å². The van der Waals surface area contributed by atoms with Crippen LogP contribution in [0, 0.1) is 6.92 Å². The summed E-state index contributed by atoms with van der Waals surface area (Å²) in [6.45, 7) is 3.68. The summed E-state index contributed by atoms with van der Waals surface area (Å²) in [5.41, 5.74) is 2.03. The van der Waals surface area contributed by atoms with Crippen molar-refractivity contribution in [2.75, 3.05) is 24.4 Å². The topological polar surface area (TPSA) is 78.5 Å². The summed E-state index contributed by atoms with van der Waals surface area (Å²) in [4.78, 5) is 12.6. The molecule has 0 saturated carbocycles. The molecule has 0 spiro atoms. The molecule has 2 aromatic rings. The van der Waals surface area contributed by atoms with Gasteiger partial charge < -0.3 is 10.6 Å². The van der Waals surface area contributed by atoms with E-state index < -0.39 is 10.0 Å². The number of aryl methyl sites for hydroxylation is 1. The minimum atomic E-state index is -3.64. The first-order chi connectivity index (χ1) is 12.9. The highest BCUT2D eigenvalue weighted by atomic mass is 35.5. The molecule has 0 bridgehead atoms. The number of carbonyl (C=O) groups is 1. The number of halogens is 1. The second-order valence-corrected chi connectivity index (χ2v) is 8.82. The summed E-state index contributed by atoms with van der Waals surface area (Å²) in [5.74, 6) is -0.140. The Hall–Kier alpha value is -2.09. The number of carbonyl (C=O) groups excluding carboxylic acids is 1. The first-order valence-electron chi connectivity index (χ1n) is 9.05. The van der Waals surface area contributed by atoms with Gasteiger partial charge >= 0.3 is 0 Å². The van der Waals surface area contributed by atoms with Crippen LogP contribution in [-0.2, 0) is 10.0 Å². The summed E-state index contributed by atoms with van der Waals surface area (Å²) < 4.78 is 26.8. The van der Waals surface area contributed by atoms with E-state index >= 15 is 0 Å². The number of benzene rings is 2. The van der Waals surface area contributed by atoms with Crippen molar-refractivity contribution in [3.63, 3.8) is 0 Å². The molecule has 1 amide bonds. The Bertz CT molecular complexity index is 893. The molecule has 1 saturated heterocycles. The fourth-order valence-corrected chi connectivity index (χ4v) is 4.27. The third-order valence-corrected chi connectivity index (χ3v) is 6.60. The van der Waals surface area contributed by atoms with Crippen molar-refractivity contribution in [2.45, 2.75) is 30.7 Å². The molecule has 2 N–H and O–H groups in total. The third kappa shape index (κ3) is 5.04. The number of hydrogen-bond donors (Lipinski definition) is 2. The second-order valence-electron chi connectivity index (χ2n) is 6.85. The smallest absolute Gasteiger partial charge is 0.264 e. The number of amides is 1. The molecule has 0 radical (unpaired) electrons. The van der Waals surface area contributed by atoms with Crippen molar-refractivity contribution < 1.29 is 13.2 Å². The number of nitrogens with one attached hydrogen (secondary N) is 2. The molecule has 1 fully saturated rings. The lowest BCUT2D eigenvalue weighted by atomic mass is 10.1. The average Bonchev–Trinajstić information content (AvgIpc) is 2.68. The van der Waals surface area contributed by atoms with Crippen LogP contribution < -0.4 is 14.9 Å². The standard InChI is InChI=1S/C20H25N3O3S.ClH/c1-15-5-11-19(12-6-15)27(25,26)23(2)18-9-7-16(8-10-18)20(24)22-17-4-3-13-21-14-17;/h5-12,17,21H,3-4,13-14H2,1-2H3,(H,22,24);1H. The Morgan fingerprint density at radius 1 is 1.11 bits per heavy atom. The number of nitrogens with zero attached hydrogens (tertiary/aromatic N) is 1. The lowest BCUT2D eigenvalue weighted by molar-refractivity contribution is 0.0930. The number of rotatable bonds is 5. The summed E-state index contributed by atoms with van der Waals surface area (Å²) in [6.07, 6.45) is 2.01. The molecule has 152 valence electrons. The van der Waals surface area contributed by atoms with Crippen molar-refractivity contribution in [1.29, 1.82) is 0 Å². The van der Waals surface area contributed by atoms with Crippen LogP contribution in [0.25, 0.3) is 0 Å². The van der Waals surface area contributed by atoms with Crippen LogP contribution in [0.2, 0.25) is 0 Å². The molecule has 1 heterocycles. The zero-order valence-corrected chi connectivity index (χ0v) is 17.6. The molecule has 0 aromatic heterocycles. The van der Waals surface area contributed by atoms with Crippen LogP contribution in [0.1, 0.15) is 28.8 Å². The van der Waals surface area contributed by atoms with E-state index in [1.165, 1.54) is 11.4 Å². The minimum absolute atomic E-state index is 0.